The Morgan fingerprint density at radius 3 is 2.61 bits per heavy atom. The zero-order chi connectivity index (χ0) is 23.0. The summed E-state index contributed by atoms with van der Waals surface area (Å²) in [5.41, 5.74) is 15.0. The number of nitrogens with one attached hydrogen (secondary N) is 1. The normalized spacial score (nSPS) is 22.5. The van der Waals surface area contributed by atoms with Gasteiger partial charge in [-0.2, -0.15) is 4.31 Å². The SMILES string of the molecule is Nc1cc(Nc2cccc(S(=O)(=O)N3CCOCC3)c2)c2nc(C3CCC(N)CC3)cn2n1. The Kier molecular flexibility index (Phi) is 5.95. The molecule has 2 fully saturated rings. The maximum Gasteiger partial charge on any atom is 0.243 e. The maximum absolute atomic E-state index is 13.0. The van der Waals surface area contributed by atoms with Crippen molar-refractivity contribution in [3.63, 3.8) is 0 Å². The molecule has 10 nitrogen and oxygen atoms in total. The number of rotatable bonds is 5. The van der Waals surface area contributed by atoms with Crippen LogP contribution in [0.25, 0.3) is 5.65 Å². The fourth-order valence-corrected chi connectivity index (χ4v) is 6.00. The van der Waals surface area contributed by atoms with Crippen LogP contribution in [0, 0.1) is 0 Å². The summed E-state index contributed by atoms with van der Waals surface area (Å²) < 4.78 is 34.5. The zero-order valence-corrected chi connectivity index (χ0v) is 19.2. The van der Waals surface area contributed by atoms with E-state index >= 15 is 0 Å². The Morgan fingerprint density at radius 1 is 1.09 bits per heavy atom. The fraction of sp³-hybridized carbons (Fsp3) is 0.455. The smallest absolute Gasteiger partial charge is 0.243 e. The van der Waals surface area contributed by atoms with Crippen molar-refractivity contribution in [1.29, 1.82) is 0 Å². The van der Waals surface area contributed by atoms with Crippen molar-refractivity contribution in [1.82, 2.24) is 18.9 Å². The summed E-state index contributed by atoms with van der Waals surface area (Å²) in [7, 11) is -3.60. The molecule has 5 rings (SSSR count). The summed E-state index contributed by atoms with van der Waals surface area (Å²) in [5.74, 6) is 0.694. The molecule has 2 aliphatic rings. The molecule has 5 N–H and O–H groups in total. The van der Waals surface area contributed by atoms with Gasteiger partial charge in [-0.1, -0.05) is 6.07 Å². The number of ether oxygens (including phenoxy) is 1. The van der Waals surface area contributed by atoms with Crippen molar-refractivity contribution >= 4 is 32.9 Å². The molecular formula is C22H29N7O3S. The average molecular weight is 472 g/mol. The van der Waals surface area contributed by atoms with Crippen LogP contribution in [-0.2, 0) is 14.8 Å². The molecule has 3 aromatic rings. The highest BCUT2D eigenvalue weighted by atomic mass is 32.2. The van der Waals surface area contributed by atoms with Crippen LogP contribution in [0.5, 0.6) is 0 Å². The second kappa shape index (κ2) is 8.90. The zero-order valence-electron chi connectivity index (χ0n) is 18.4. The number of nitrogens with zero attached hydrogens (tertiary/aromatic N) is 4. The van der Waals surface area contributed by atoms with Crippen LogP contribution >= 0.6 is 0 Å². The van der Waals surface area contributed by atoms with Crippen LogP contribution in [0.15, 0.2) is 41.4 Å². The number of hydrogen-bond acceptors (Lipinski definition) is 8. The number of sulfonamides is 1. The molecule has 2 aromatic heterocycles. The van der Waals surface area contributed by atoms with Gasteiger partial charge in [0.05, 0.1) is 35.7 Å². The highest BCUT2D eigenvalue weighted by molar-refractivity contribution is 7.89. The minimum absolute atomic E-state index is 0.232. The number of nitrogen functional groups attached to an aromatic ring is 1. The number of nitrogens with two attached hydrogens (primary N) is 2. The van der Waals surface area contributed by atoms with E-state index in [0.29, 0.717) is 55.1 Å². The molecule has 1 aliphatic heterocycles. The van der Waals surface area contributed by atoms with Crippen LogP contribution in [0.2, 0.25) is 0 Å². The average Bonchev–Trinajstić information content (AvgIpc) is 3.24. The van der Waals surface area contributed by atoms with E-state index in [-0.39, 0.29) is 10.9 Å². The fourth-order valence-electron chi connectivity index (χ4n) is 4.54. The Bertz CT molecular complexity index is 1250. The van der Waals surface area contributed by atoms with E-state index in [0.717, 1.165) is 31.4 Å². The number of fused-ring (bicyclic) bond motifs is 1. The molecule has 1 saturated carbocycles. The van der Waals surface area contributed by atoms with E-state index < -0.39 is 10.0 Å². The predicted octanol–water partition coefficient (Wildman–Crippen LogP) is 2.06. The molecule has 0 unspecified atom stereocenters. The molecule has 1 saturated heterocycles. The van der Waals surface area contributed by atoms with Crippen molar-refractivity contribution in [3.05, 3.63) is 42.2 Å². The van der Waals surface area contributed by atoms with Gasteiger partial charge < -0.3 is 21.5 Å². The van der Waals surface area contributed by atoms with E-state index in [2.05, 4.69) is 10.4 Å². The Morgan fingerprint density at radius 2 is 1.85 bits per heavy atom. The van der Waals surface area contributed by atoms with E-state index in [1.165, 1.54) is 4.31 Å². The first kappa shape index (κ1) is 22.1. The molecule has 0 radical (unpaired) electrons. The van der Waals surface area contributed by atoms with E-state index in [9.17, 15) is 8.42 Å². The van der Waals surface area contributed by atoms with Crippen molar-refractivity contribution < 1.29 is 13.2 Å². The van der Waals surface area contributed by atoms with E-state index in [1.807, 2.05) is 12.3 Å². The second-order valence-corrected chi connectivity index (χ2v) is 10.6. The lowest BCUT2D eigenvalue weighted by Crippen LogP contribution is -2.40. The molecular weight excluding hydrogens is 442 g/mol. The van der Waals surface area contributed by atoms with Gasteiger partial charge >= 0.3 is 0 Å². The lowest BCUT2D eigenvalue weighted by atomic mass is 9.85. The van der Waals surface area contributed by atoms with Gasteiger partial charge in [-0.05, 0) is 43.9 Å². The standard InChI is InChI=1S/C22H29N7O3S/c23-16-6-4-15(5-7-16)20-14-29-22(26-20)19(13-21(24)27-29)25-17-2-1-3-18(12-17)33(30,31)28-8-10-32-11-9-28/h1-3,12-16,25H,4-11,23H2,(H2,24,27). The summed E-state index contributed by atoms with van der Waals surface area (Å²) in [4.78, 5) is 5.08. The van der Waals surface area contributed by atoms with Crippen molar-refractivity contribution in [2.45, 2.75) is 42.5 Å². The predicted molar refractivity (Wildman–Crippen MR) is 126 cm³/mol. The van der Waals surface area contributed by atoms with Crippen LogP contribution in [0.1, 0.15) is 37.3 Å². The van der Waals surface area contributed by atoms with E-state index in [1.54, 1.807) is 28.8 Å². The Labute approximate surface area is 193 Å². The van der Waals surface area contributed by atoms with Crippen molar-refractivity contribution in [2.75, 3.05) is 37.4 Å². The third-order valence-electron chi connectivity index (χ3n) is 6.37. The number of aromatic nitrogens is 3. The second-order valence-electron chi connectivity index (χ2n) is 8.70. The first-order chi connectivity index (χ1) is 15.9. The molecule has 176 valence electrons. The van der Waals surface area contributed by atoms with Crippen molar-refractivity contribution in [2.24, 2.45) is 5.73 Å². The molecule has 1 aromatic carbocycles. The summed E-state index contributed by atoms with van der Waals surface area (Å²) >= 11 is 0. The number of imidazole rings is 1. The molecule has 11 heteroatoms. The topological polar surface area (TPSA) is 141 Å². The highest BCUT2D eigenvalue weighted by Crippen LogP contribution is 2.33. The summed E-state index contributed by atoms with van der Waals surface area (Å²) in [6.45, 7) is 1.51. The largest absolute Gasteiger partial charge is 0.382 e. The van der Waals surface area contributed by atoms with Crippen LogP contribution < -0.4 is 16.8 Å². The third-order valence-corrected chi connectivity index (χ3v) is 8.27. The van der Waals surface area contributed by atoms with E-state index in [4.69, 9.17) is 21.2 Å². The summed E-state index contributed by atoms with van der Waals surface area (Å²) in [6, 6.07) is 8.76. The van der Waals surface area contributed by atoms with Gasteiger partial charge in [-0.25, -0.2) is 17.9 Å². The minimum Gasteiger partial charge on any atom is -0.382 e. The van der Waals surface area contributed by atoms with Gasteiger partial charge in [0.15, 0.2) is 5.65 Å². The van der Waals surface area contributed by atoms with Crippen molar-refractivity contribution in [3.8, 4) is 0 Å². The summed E-state index contributed by atoms with van der Waals surface area (Å²) in [6.07, 6.45) is 5.92. The van der Waals surface area contributed by atoms with Gasteiger partial charge in [0.1, 0.15) is 5.82 Å². The molecule has 0 spiro atoms. The van der Waals surface area contributed by atoms with Gasteiger partial charge in [0.25, 0.3) is 0 Å². The number of anilines is 3. The molecule has 1 aliphatic carbocycles. The van der Waals surface area contributed by atoms with Gasteiger partial charge in [0.2, 0.25) is 10.0 Å². The van der Waals surface area contributed by atoms with Gasteiger partial charge in [-0.3, -0.25) is 0 Å². The molecule has 0 amide bonds. The lowest BCUT2D eigenvalue weighted by Gasteiger charge is -2.26. The number of hydrogen-bond donors (Lipinski definition) is 3. The first-order valence-corrected chi connectivity index (χ1v) is 12.7. The first-order valence-electron chi connectivity index (χ1n) is 11.3. The minimum atomic E-state index is -3.60. The Balaban J connectivity index is 1.44. The number of benzene rings is 1. The monoisotopic (exact) mass is 471 g/mol. The van der Waals surface area contributed by atoms with Crippen LogP contribution in [0.3, 0.4) is 0 Å². The van der Waals surface area contributed by atoms with Crippen LogP contribution in [0.4, 0.5) is 17.2 Å². The lowest BCUT2D eigenvalue weighted by molar-refractivity contribution is 0.0730. The van der Waals surface area contributed by atoms with Gasteiger partial charge in [-0.15, -0.1) is 5.10 Å². The third kappa shape index (κ3) is 4.54. The quantitative estimate of drug-likeness (QED) is 0.513. The molecule has 33 heavy (non-hydrogen) atoms. The number of morpholine rings is 1. The Hall–Kier alpha value is -2.73. The molecule has 0 bridgehead atoms. The van der Waals surface area contributed by atoms with Crippen LogP contribution in [-0.4, -0.2) is 59.7 Å². The molecule has 0 atom stereocenters. The summed E-state index contributed by atoms with van der Waals surface area (Å²) in [5, 5.41) is 7.67. The molecule has 3 heterocycles. The highest BCUT2D eigenvalue weighted by Gasteiger charge is 2.27. The van der Waals surface area contributed by atoms with Gasteiger partial charge in [0, 0.05) is 36.8 Å². The maximum atomic E-state index is 13.0.